The number of aldehydes is 2. The zero-order chi connectivity index (χ0) is 47.8. The van der Waals surface area contributed by atoms with Gasteiger partial charge in [-0.1, -0.05) is 88.5 Å². The van der Waals surface area contributed by atoms with Crippen molar-refractivity contribution in [3.05, 3.63) is 99.6 Å². The Bertz CT molecular complexity index is 2030. The summed E-state index contributed by atoms with van der Waals surface area (Å²) in [4.78, 5) is 45.3. The number of methoxy groups -OCH3 is 1. The Balaban J connectivity index is 1.08. The van der Waals surface area contributed by atoms with Gasteiger partial charge in [-0.3, -0.25) is 19.5 Å². The standard InChI is InChI=1S/C53H77F2N7O4/c1-39(37-63)29-48-50(60(2)3)32-45(66-5)33-51(48)61(4)28-18-19-40-20-24-46(53(54)55)47(30-40)42(34-56)35-58-26-16-14-12-10-8-6-7-9-11-13-15-17-27-59-43-22-21-41-36-62(49(41)31-43)44(38-64)23-25-52(57)65/h20-22,24,29-32,34-35,37-38,44,51,53,59H,6-19,23,25-28,33,36,56H2,1-5H3,(H2,57,65)/b39-29-,42-34+,58-35?. The molecule has 1 heterocycles. The molecule has 0 bridgehead atoms. The van der Waals surface area contributed by atoms with Gasteiger partial charge >= 0.3 is 0 Å². The number of carbonyl (C=O) groups is 3. The smallest absolute Gasteiger partial charge is 0.264 e. The quantitative estimate of drug-likeness (QED) is 0.0276. The van der Waals surface area contributed by atoms with Gasteiger partial charge in [0.25, 0.3) is 6.43 Å². The topological polar surface area (TPSA) is 147 Å². The van der Waals surface area contributed by atoms with Crippen LogP contribution in [0.1, 0.15) is 138 Å². The van der Waals surface area contributed by atoms with Gasteiger partial charge in [-0.15, -0.1) is 0 Å². The van der Waals surface area contributed by atoms with E-state index >= 15 is 0 Å². The first-order chi connectivity index (χ1) is 31.9. The van der Waals surface area contributed by atoms with Crippen LogP contribution in [0.4, 0.5) is 20.2 Å². The van der Waals surface area contributed by atoms with Gasteiger partial charge in [-0.25, -0.2) is 8.78 Å². The van der Waals surface area contributed by atoms with E-state index in [1.807, 2.05) is 44.1 Å². The number of ether oxygens (including phenoxy) is 1. The van der Waals surface area contributed by atoms with Crippen LogP contribution in [0.3, 0.4) is 0 Å². The van der Waals surface area contributed by atoms with E-state index in [1.54, 1.807) is 19.4 Å². The minimum absolute atomic E-state index is 0.00629. The summed E-state index contributed by atoms with van der Waals surface area (Å²) in [6.07, 6.45) is 23.3. The summed E-state index contributed by atoms with van der Waals surface area (Å²) in [5, 5.41) is 3.53. The van der Waals surface area contributed by atoms with E-state index in [-0.39, 0.29) is 30.0 Å². The van der Waals surface area contributed by atoms with E-state index in [0.29, 0.717) is 42.5 Å². The molecule has 0 fully saturated rings. The third kappa shape index (κ3) is 16.8. The Morgan fingerprint density at radius 3 is 2.24 bits per heavy atom. The maximum Gasteiger partial charge on any atom is 0.264 e. The third-order valence-electron chi connectivity index (χ3n) is 12.8. The molecule has 0 saturated carbocycles. The number of unbranched alkanes of at least 4 members (excludes halogenated alkanes) is 11. The number of nitrogens with zero attached hydrogens (tertiary/aromatic N) is 4. The van der Waals surface area contributed by atoms with Crippen molar-refractivity contribution in [2.24, 2.45) is 16.5 Å². The zero-order valence-electron chi connectivity index (χ0n) is 40.3. The molecule has 2 aromatic carbocycles. The molecule has 5 N–H and O–H groups in total. The number of hydrogen-bond acceptors (Lipinski definition) is 10. The highest BCUT2D eigenvalue weighted by Gasteiger charge is 2.30. The third-order valence-corrected chi connectivity index (χ3v) is 12.8. The highest BCUT2D eigenvalue weighted by molar-refractivity contribution is 6.10. The van der Waals surface area contributed by atoms with Crippen molar-refractivity contribution in [2.45, 2.75) is 141 Å². The number of halogens is 2. The molecule has 362 valence electrons. The molecular weight excluding hydrogens is 837 g/mol. The molecule has 66 heavy (non-hydrogen) atoms. The normalized spacial score (nSPS) is 15.8. The first-order valence-corrected chi connectivity index (χ1v) is 24.1. The minimum atomic E-state index is -2.63. The molecule has 2 atom stereocenters. The number of primary amides is 1. The number of benzene rings is 2. The van der Waals surface area contributed by atoms with E-state index in [4.69, 9.17) is 16.2 Å². The molecule has 0 aromatic heterocycles. The Hall–Kier alpha value is -5.30. The summed E-state index contributed by atoms with van der Waals surface area (Å²) in [7, 11) is 7.71. The van der Waals surface area contributed by atoms with Gasteiger partial charge in [0.05, 0.1) is 18.9 Å². The number of alkyl halides is 2. The number of fused-ring (bicyclic) bond motifs is 1. The molecule has 2 aromatic rings. The van der Waals surface area contributed by atoms with Gasteiger partial charge in [-0.05, 0) is 105 Å². The monoisotopic (exact) mass is 914 g/mol. The lowest BCUT2D eigenvalue weighted by molar-refractivity contribution is -0.118. The second kappa shape index (κ2) is 28.7. The largest absolute Gasteiger partial charge is 0.501 e. The molecule has 2 aliphatic rings. The molecule has 2 unspecified atom stereocenters. The maximum absolute atomic E-state index is 14.2. The fourth-order valence-electron chi connectivity index (χ4n) is 8.86. The fourth-order valence-corrected chi connectivity index (χ4v) is 8.86. The number of rotatable bonds is 33. The Morgan fingerprint density at radius 1 is 0.955 bits per heavy atom. The van der Waals surface area contributed by atoms with E-state index in [0.717, 1.165) is 91.9 Å². The van der Waals surface area contributed by atoms with Crippen LogP contribution in [-0.4, -0.2) is 94.5 Å². The maximum atomic E-state index is 14.2. The second-order valence-electron chi connectivity index (χ2n) is 18.1. The van der Waals surface area contributed by atoms with Crippen LogP contribution < -0.4 is 21.7 Å². The number of aliphatic imine (C=N–C) groups is 1. The summed E-state index contributed by atoms with van der Waals surface area (Å²) in [5.74, 6) is 0.491. The van der Waals surface area contributed by atoms with Gasteiger partial charge in [0.2, 0.25) is 5.91 Å². The van der Waals surface area contributed by atoms with Crippen molar-refractivity contribution >= 4 is 41.6 Å². The van der Waals surface area contributed by atoms with Crippen LogP contribution in [-0.2, 0) is 32.1 Å². The number of carbonyl (C=O) groups excluding carboxylic acids is 3. The van der Waals surface area contributed by atoms with Gasteiger partial charge in [-0.2, -0.15) is 0 Å². The molecule has 13 heteroatoms. The van der Waals surface area contributed by atoms with Crippen LogP contribution in [0.5, 0.6) is 0 Å². The van der Waals surface area contributed by atoms with Crippen LogP contribution >= 0.6 is 0 Å². The van der Waals surface area contributed by atoms with Crippen molar-refractivity contribution in [3.63, 3.8) is 0 Å². The Labute approximate surface area is 393 Å². The summed E-state index contributed by atoms with van der Waals surface area (Å²) in [6.45, 7) is 4.83. The SMILES string of the molecule is COC1=CC(N(C)C)=C(/C=C(/C)C=O)C(N(C)CCCc2ccc(C(F)F)c(/C(C=NCCCCCCCCCCCCCCNc3ccc4c(c3)N(C(C=O)CCC(N)=O)C4)=C/N)c2)C1. The van der Waals surface area contributed by atoms with Gasteiger partial charge in [0.15, 0.2) is 0 Å². The van der Waals surface area contributed by atoms with E-state index < -0.39 is 6.43 Å². The number of nitrogens with one attached hydrogen (secondary N) is 1. The fraction of sp³-hybridized carbons (Fsp3) is 0.547. The van der Waals surface area contributed by atoms with Crippen molar-refractivity contribution in [3.8, 4) is 0 Å². The number of hydrogen-bond donors (Lipinski definition) is 3. The molecule has 1 aliphatic heterocycles. The molecule has 0 saturated heterocycles. The first-order valence-electron chi connectivity index (χ1n) is 24.1. The highest BCUT2D eigenvalue weighted by atomic mass is 19.3. The summed E-state index contributed by atoms with van der Waals surface area (Å²) >= 11 is 0. The average Bonchev–Trinajstić information content (AvgIpc) is 3.30. The van der Waals surface area contributed by atoms with Crippen LogP contribution in [0.15, 0.2) is 82.3 Å². The Morgan fingerprint density at radius 2 is 1.64 bits per heavy atom. The lowest BCUT2D eigenvalue weighted by Crippen LogP contribution is -2.43. The second-order valence-corrected chi connectivity index (χ2v) is 18.1. The van der Waals surface area contributed by atoms with Crippen molar-refractivity contribution in [1.82, 2.24) is 9.80 Å². The van der Waals surface area contributed by atoms with Gasteiger partial charge in [0, 0.05) is 93.2 Å². The molecule has 1 aliphatic carbocycles. The predicted octanol–water partition coefficient (Wildman–Crippen LogP) is 10.1. The van der Waals surface area contributed by atoms with Crippen molar-refractivity contribution < 1.29 is 27.9 Å². The highest BCUT2D eigenvalue weighted by Crippen LogP contribution is 2.37. The lowest BCUT2D eigenvalue weighted by Gasteiger charge is -2.40. The summed E-state index contributed by atoms with van der Waals surface area (Å²) in [6, 6.07) is 11.1. The van der Waals surface area contributed by atoms with Crippen molar-refractivity contribution in [2.75, 3.05) is 58.1 Å². The van der Waals surface area contributed by atoms with E-state index in [1.165, 1.54) is 75.6 Å². The predicted molar refractivity (Wildman–Crippen MR) is 267 cm³/mol. The van der Waals surface area contributed by atoms with Gasteiger partial charge < -0.3 is 36.1 Å². The average molecular weight is 914 g/mol. The number of likely N-dealkylation sites (N-methyl/N-ethyl adjacent to an activating group) is 2. The van der Waals surface area contributed by atoms with Crippen molar-refractivity contribution in [1.29, 1.82) is 0 Å². The summed E-state index contributed by atoms with van der Waals surface area (Å²) < 4.78 is 34.1. The minimum Gasteiger partial charge on any atom is -0.501 e. The molecule has 1 amide bonds. The Kier molecular flexibility index (Phi) is 23.2. The lowest BCUT2D eigenvalue weighted by atomic mass is 9.91. The van der Waals surface area contributed by atoms with Gasteiger partial charge in [0.1, 0.15) is 12.6 Å². The van der Waals surface area contributed by atoms with Crippen LogP contribution in [0, 0.1) is 0 Å². The molecule has 0 spiro atoms. The molecule has 4 rings (SSSR count). The molecule has 11 nitrogen and oxygen atoms in total. The number of amides is 1. The number of allylic oxidation sites excluding steroid dienone is 3. The number of anilines is 2. The molecular formula is C53H77F2N7O4. The molecule has 0 radical (unpaired) electrons. The summed E-state index contributed by atoms with van der Waals surface area (Å²) in [5.41, 5.74) is 19.2. The number of nitrogens with two attached hydrogens (primary N) is 2. The van der Waals surface area contributed by atoms with E-state index in [2.05, 4.69) is 45.4 Å². The first kappa shape index (κ1) is 53.3. The van der Waals surface area contributed by atoms with Crippen LogP contribution in [0.25, 0.3) is 5.57 Å². The zero-order valence-corrected chi connectivity index (χ0v) is 40.3. The number of aryl methyl sites for hydroxylation is 1. The van der Waals surface area contributed by atoms with Crippen LogP contribution in [0.2, 0.25) is 0 Å². The van der Waals surface area contributed by atoms with E-state index in [9.17, 15) is 23.2 Å².